The summed E-state index contributed by atoms with van der Waals surface area (Å²) in [6.07, 6.45) is 7.49. The zero-order chi connectivity index (χ0) is 20.2. The van der Waals surface area contributed by atoms with E-state index in [2.05, 4.69) is 14.5 Å². The zero-order valence-electron chi connectivity index (χ0n) is 16.9. The largest absolute Gasteiger partial charge is 0.496 e. The molecular formula is C23H26N4O2. The van der Waals surface area contributed by atoms with Crippen molar-refractivity contribution in [2.45, 2.75) is 32.2 Å². The van der Waals surface area contributed by atoms with Crippen LogP contribution < -0.4 is 4.74 Å². The molecule has 29 heavy (non-hydrogen) atoms. The van der Waals surface area contributed by atoms with Crippen molar-refractivity contribution in [3.8, 4) is 5.75 Å². The summed E-state index contributed by atoms with van der Waals surface area (Å²) < 4.78 is 7.60. The van der Waals surface area contributed by atoms with Crippen molar-refractivity contribution in [3.63, 3.8) is 0 Å². The van der Waals surface area contributed by atoms with E-state index in [0.29, 0.717) is 17.2 Å². The van der Waals surface area contributed by atoms with Crippen LogP contribution in [0.3, 0.4) is 0 Å². The summed E-state index contributed by atoms with van der Waals surface area (Å²) in [7, 11) is 1.61. The Hall–Kier alpha value is -3.15. The highest BCUT2D eigenvalue weighted by molar-refractivity contribution is 5.98. The molecule has 1 aliphatic heterocycles. The number of ether oxygens (including phenoxy) is 1. The molecule has 1 saturated heterocycles. The lowest BCUT2D eigenvalue weighted by molar-refractivity contribution is 0.0706. The fraction of sp³-hybridized carbons (Fsp3) is 0.348. The number of piperidine rings is 1. The molecule has 1 fully saturated rings. The minimum absolute atomic E-state index is 0.0511. The minimum atomic E-state index is 0.0511. The van der Waals surface area contributed by atoms with Gasteiger partial charge in [0.2, 0.25) is 0 Å². The molecular weight excluding hydrogens is 364 g/mol. The summed E-state index contributed by atoms with van der Waals surface area (Å²) in [5.74, 6) is 2.12. The van der Waals surface area contributed by atoms with E-state index in [4.69, 9.17) is 4.74 Å². The van der Waals surface area contributed by atoms with Gasteiger partial charge in [-0.2, -0.15) is 0 Å². The highest BCUT2D eigenvalue weighted by Crippen LogP contribution is 2.30. The Bertz CT molecular complexity index is 976. The molecule has 3 aromatic rings. The molecule has 6 nitrogen and oxygen atoms in total. The van der Waals surface area contributed by atoms with Gasteiger partial charge in [-0.25, -0.2) is 4.98 Å². The van der Waals surface area contributed by atoms with E-state index in [1.165, 1.54) is 0 Å². The Morgan fingerprint density at radius 2 is 1.93 bits per heavy atom. The van der Waals surface area contributed by atoms with Crippen LogP contribution in [0.4, 0.5) is 0 Å². The number of aromatic nitrogens is 3. The Morgan fingerprint density at radius 1 is 1.10 bits per heavy atom. The number of hydrogen-bond donors (Lipinski definition) is 0. The van der Waals surface area contributed by atoms with Crippen molar-refractivity contribution in [2.24, 2.45) is 0 Å². The van der Waals surface area contributed by atoms with Gasteiger partial charge in [-0.15, -0.1) is 0 Å². The minimum Gasteiger partial charge on any atom is -0.496 e. The van der Waals surface area contributed by atoms with Gasteiger partial charge in [0.25, 0.3) is 5.91 Å². The summed E-state index contributed by atoms with van der Waals surface area (Å²) in [5.41, 5.74) is 2.64. The van der Waals surface area contributed by atoms with Gasteiger partial charge in [0.05, 0.1) is 24.9 Å². The molecule has 0 atom stereocenters. The molecule has 0 spiro atoms. The van der Waals surface area contributed by atoms with Crippen molar-refractivity contribution >= 4 is 5.91 Å². The second kappa shape index (κ2) is 8.47. The number of aryl methyl sites for hydroxylation is 1. The summed E-state index contributed by atoms with van der Waals surface area (Å²) in [5, 5.41) is 0. The molecule has 0 aliphatic carbocycles. The van der Waals surface area contributed by atoms with Crippen LogP contribution in [0, 0.1) is 6.92 Å². The van der Waals surface area contributed by atoms with E-state index in [-0.39, 0.29) is 5.91 Å². The van der Waals surface area contributed by atoms with Crippen LogP contribution in [0.25, 0.3) is 0 Å². The molecule has 6 heteroatoms. The van der Waals surface area contributed by atoms with Gasteiger partial charge in [-0.3, -0.25) is 9.78 Å². The van der Waals surface area contributed by atoms with Crippen LogP contribution in [0.1, 0.15) is 46.2 Å². The lowest BCUT2D eigenvalue weighted by Gasteiger charge is -2.32. The van der Waals surface area contributed by atoms with Gasteiger partial charge in [-0.05, 0) is 43.5 Å². The van der Waals surface area contributed by atoms with E-state index in [0.717, 1.165) is 49.6 Å². The van der Waals surface area contributed by atoms with Crippen molar-refractivity contribution < 1.29 is 9.53 Å². The number of carbonyl (C=O) groups is 1. The third kappa shape index (κ3) is 4.01. The first-order valence-electron chi connectivity index (χ1n) is 10.0. The van der Waals surface area contributed by atoms with E-state index >= 15 is 0 Å². The zero-order valence-corrected chi connectivity index (χ0v) is 16.9. The summed E-state index contributed by atoms with van der Waals surface area (Å²) in [6, 6.07) is 11.7. The highest BCUT2D eigenvalue weighted by atomic mass is 16.5. The van der Waals surface area contributed by atoms with E-state index in [9.17, 15) is 4.79 Å². The number of methoxy groups -OCH3 is 1. The maximum absolute atomic E-state index is 13.1. The number of likely N-dealkylation sites (tertiary alicyclic amines) is 1. The third-order valence-corrected chi connectivity index (χ3v) is 5.62. The van der Waals surface area contributed by atoms with Crippen LogP contribution in [0.2, 0.25) is 0 Å². The van der Waals surface area contributed by atoms with Gasteiger partial charge in [0.15, 0.2) is 0 Å². The van der Waals surface area contributed by atoms with Crippen LogP contribution in [0.15, 0.2) is 55.0 Å². The monoisotopic (exact) mass is 390 g/mol. The SMILES string of the molecule is COc1cccc(C)c1C(=O)N1CCC(c2nccn2Cc2ccccn2)CC1. The molecule has 150 valence electrons. The predicted octanol–water partition coefficient (Wildman–Crippen LogP) is 3.66. The van der Waals surface area contributed by atoms with Crippen molar-refractivity contribution in [2.75, 3.05) is 20.2 Å². The van der Waals surface area contributed by atoms with E-state index in [1.807, 2.05) is 66.8 Å². The molecule has 0 N–H and O–H groups in total. The first kappa shape index (κ1) is 19.2. The molecule has 0 saturated carbocycles. The summed E-state index contributed by atoms with van der Waals surface area (Å²) in [4.78, 5) is 24.1. The average Bonchev–Trinajstić information content (AvgIpc) is 3.22. The maximum Gasteiger partial charge on any atom is 0.257 e. The number of amides is 1. The normalized spacial score (nSPS) is 14.8. The molecule has 0 unspecified atom stereocenters. The molecule has 3 heterocycles. The second-order valence-electron chi connectivity index (χ2n) is 7.45. The molecule has 0 radical (unpaired) electrons. The fourth-order valence-corrected chi connectivity index (χ4v) is 4.06. The number of rotatable bonds is 5. The molecule has 4 rings (SSSR count). The van der Waals surface area contributed by atoms with Crippen LogP contribution in [-0.4, -0.2) is 45.5 Å². The average molecular weight is 390 g/mol. The lowest BCUT2D eigenvalue weighted by Crippen LogP contribution is -2.38. The standard InChI is InChI=1S/C23H26N4O2/c1-17-6-5-8-20(29-2)21(17)23(28)26-13-9-18(10-14-26)22-25-12-15-27(22)16-19-7-3-4-11-24-19/h3-8,11-12,15,18H,9-10,13-14,16H2,1-2H3. The Morgan fingerprint density at radius 3 is 2.66 bits per heavy atom. The fourth-order valence-electron chi connectivity index (χ4n) is 4.06. The highest BCUT2D eigenvalue weighted by Gasteiger charge is 2.29. The maximum atomic E-state index is 13.1. The third-order valence-electron chi connectivity index (χ3n) is 5.62. The van der Waals surface area contributed by atoms with Crippen LogP contribution in [-0.2, 0) is 6.54 Å². The van der Waals surface area contributed by atoms with Gasteiger partial charge >= 0.3 is 0 Å². The second-order valence-corrected chi connectivity index (χ2v) is 7.45. The van der Waals surface area contributed by atoms with Gasteiger partial charge < -0.3 is 14.2 Å². The molecule has 1 aliphatic rings. The van der Waals surface area contributed by atoms with Gasteiger partial charge in [0, 0.05) is 37.6 Å². The number of nitrogens with zero attached hydrogens (tertiary/aromatic N) is 4. The summed E-state index contributed by atoms with van der Waals surface area (Å²) >= 11 is 0. The summed E-state index contributed by atoms with van der Waals surface area (Å²) in [6.45, 7) is 4.11. The lowest BCUT2D eigenvalue weighted by atomic mass is 9.94. The van der Waals surface area contributed by atoms with Crippen molar-refractivity contribution in [1.29, 1.82) is 0 Å². The van der Waals surface area contributed by atoms with Crippen molar-refractivity contribution in [1.82, 2.24) is 19.4 Å². The number of pyridine rings is 1. The quantitative estimate of drug-likeness (QED) is 0.667. The Labute approximate surface area is 171 Å². The molecule has 1 aromatic carbocycles. The number of hydrogen-bond acceptors (Lipinski definition) is 4. The number of carbonyl (C=O) groups excluding carboxylic acids is 1. The topological polar surface area (TPSA) is 60.2 Å². The first-order valence-corrected chi connectivity index (χ1v) is 10.0. The molecule has 2 aromatic heterocycles. The van der Waals surface area contributed by atoms with E-state index < -0.39 is 0 Å². The predicted molar refractivity (Wildman–Crippen MR) is 111 cm³/mol. The molecule has 1 amide bonds. The Balaban J connectivity index is 1.44. The van der Waals surface area contributed by atoms with Crippen LogP contribution >= 0.6 is 0 Å². The number of imidazole rings is 1. The van der Waals surface area contributed by atoms with Gasteiger partial charge in [0.1, 0.15) is 11.6 Å². The van der Waals surface area contributed by atoms with Crippen molar-refractivity contribution in [3.05, 3.63) is 77.6 Å². The smallest absolute Gasteiger partial charge is 0.257 e. The first-order chi connectivity index (χ1) is 14.2. The van der Waals surface area contributed by atoms with Gasteiger partial charge in [-0.1, -0.05) is 18.2 Å². The van der Waals surface area contributed by atoms with E-state index in [1.54, 1.807) is 7.11 Å². The Kier molecular flexibility index (Phi) is 5.60. The van der Waals surface area contributed by atoms with Crippen LogP contribution in [0.5, 0.6) is 5.75 Å². The number of benzene rings is 1. The molecule has 0 bridgehead atoms.